The fourth-order valence-electron chi connectivity index (χ4n) is 2.07. The van der Waals surface area contributed by atoms with Crippen molar-refractivity contribution in [2.24, 2.45) is 0 Å². The predicted molar refractivity (Wildman–Crippen MR) is 81.6 cm³/mol. The van der Waals surface area contributed by atoms with E-state index in [1.165, 1.54) is 10.9 Å². The minimum Gasteiger partial charge on any atom is -0.344 e. The van der Waals surface area contributed by atoms with Crippen molar-refractivity contribution in [3.05, 3.63) is 57.4 Å². The van der Waals surface area contributed by atoms with Crippen LogP contribution in [0.3, 0.4) is 0 Å². The summed E-state index contributed by atoms with van der Waals surface area (Å²) in [6.45, 7) is 6.06. The molecule has 2 aromatic rings. The summed E-state index contributed by atoms with van der Waals surface area (Å²) in [5.41, 5.74) is 1.61. The molecular weight excluding hydrogens is 284 g/mol. The molecule has 1 aromatic heterocycles. The van der Waals surface area contributed by atoms with Crippen molar-refractivity contribution in [3.8, 4) is 0 Å². The lowest BCUT2D eigenvalue weighted by atomic mass is 10.1. The molecule has 0 saturated heterocycles. The van der Waals surface area contributed by atoms with Crippen LogP contribution in [0.2, 0.25) is 0 Å². The Kier molecular flexibility index (Phi) is 4.55. The van der Waals surface area contributed by atoms with Gasteiger partial charge in [-0.15, -0.1) is 0 Å². The van der Waals surface area contributed by atoms with Crippen LogP contribution in [-0.2, 0) is 6.54 Å². The normalized spacial score (nSPS) is 12.0. The summed E-state index contributed by atoms with van der Waals surface area (Å²) in [5.74, 6) is -0.549. The third-order valence-corrected chi connectivity index (χ3v) is 3.40. The fraction of sp³-hybridized carbons (Fsp3) is 0.333. The monoisotopic (exact) mass is 302 g/mol. The summed E-state index contributed by atoms with van der Waals surface area (Å²) >= 11 is 0. The van der Waals surface area contributed by atoms with Gasteiger partial charge >= 0.3 is 5.69 Å². The standard InChI is InChI=1S/C15H18N4O3/c1-4-18-9-13(19(21)22)14(17-18)15(20)16-11(3)12-7-5-10(2)6-8-12/h5-9,11H,4H2,1-3H3,(H,16,20). The molecule has 1 heterocycles. The second-order valence-corrected chi connectivity index (χ2v) is 5.08. The number of amides is 1. The van der Waals surface area contributed by atoms with Gasteiger partial charge < -0.3 is 5.32 Å². The van der Waals surface area contributed by atoms with E-state index >= 15 is 0 Å². The molecule has 22 heavy (non-hydrogen) atoms. The summed E-state index contributed by atoms with van der Waals surface area (Å²) in [7, 11) is 0. The van der Waals surface area contributed by atoms with E-state index in [2.05, 4.69) is 10.4 Å². The van der Waals surface area contributed by atoms with Crippen molar-refractivity contribution >= 4 is 11.6 Å². The molecule has 0 saturated carbocycles. The van der Waals surface area contributed by atoms with E-state index in [1.807, 2.05) is 38.1 Å². The van der Waals surface area contributed by atoms with Crippen molar-refractivity contribution < 1.29 is 9.72 Å². The van der Waals surface area contributed by atoms with E-state index < -0.39 is 10.8 Å². The molecule has 1 N–H and O–H groups in total. The molecular formula is C15H18N4O3. The number of benzene rings is 1. The molecule has 0 fully saturated rings. The van der Waals surface area contributed by atoms with Gasteiger partial charge in [-0.2, -0.15) is 5.10 Å². The Labute approximate surface area is 128 Å². The number of carbonyl (C=O) groups is 1. The number of nitrogens with zero attached hydrogens (tertiary/aromatic N) is 3. The maximum atomic E-state index is 12.3. The van der Waals surface area contributed by atoms with Gasteiger partial charge in [-0.3, -0.25) is 19.6 Å². The van der Waals surface area contributed by atoms with Crippen LogP contribution in [-0.4, -0.2) is 20.6 Å². The van der Waals surface area contributed by atoms with Crippen LogP contribution < -0.4 is 5.32 Å². The number of carbonyl (C=O) groups excluding carboxylic acids is 1. The highest BCUT2D eigenvalue weighted by atomic mass is 16.6. The smallest absolute Gasteiger partial charge is 0.320 e. The van der Waals surface area contributed by atoms with E-state index in [0.29, 0.717) is 6.54 Å². The van der Waals surface area contributed by atoms with Gasteiger partial charge in [0, 0.05) is 6.54 Å². The van der Waals surface area contributed by atoms with Crippen LogP contribution in [0.4, 0.5) is 5.69 Å². The molecule has 0 aliphatic heterocycles. The first-order valence-electron chi connectivity index (χ1n) is 7.01. The highest BCUT2D eigenvalue weighted by Gasteiger charge is 2.26. The molecule has 1 unspecified atom stereocenters. The zero-order valence-electron chi connectivity index (χ0n) is 12.7. The summed E-state index contributed by atoms with van der Waals surface area (Å²) in [5, 5.41) is 17.7. The molecule has 0 aliphatic rings. The molecule has 1 atom stereocenters. The Hall–Kier alpha value is -2.70. The van der Waals surface area contributed by atoms with Gasteiger partial charge in [0.1, 0.15) is 6.20 Å². The second-order valence-electron chi connectivity index (χ2n) is 5.08. The minimum absolute atomic E-state index is 0.161. The average molecular weight is 302 g/mol. The van der Waals surface area contributed by atoms with Crippen molar-refractivity contribution in [2.75, 3.05) is 0 Å². The first-order valence-corrected chi connectivity index (χ1v) is 7.01. The molecule has 2 rings (SSSR count). The summed E-state index contributed by atoms with van der Waals surface area (Å²) < 4.78 is 1.38. The second kappa shape index (κ2) is 6.38. The summed E-state index contributed by atoms with van der Waals surface area (Å²) in [6.07, 6.45) is 1.27. The van der Waals surface area contributed by atoms with Crippen molar-refractivity contribution in [1.29, 1.82) is 0 Å². The van der Waals surface area contributed by atoms with Crippen LogP contribution in [0.25, 0.3) is 0 Å². The van der Waals surface area contributed by atoms with Gasteiger partial charge in [0.15, 0.2) is 0 Å². The van der Waals surface area contributed by atoms with E-state index in [9.17, 15) is 14.9 Å². The zero-order chi connectivity index (χ0) is 16.3. The van der Waals surface area contributed by atoms with E-state index in [0.717, 1.165) is 11.1 Å². The molecule has 0 radical (unpaired) electrons. The number of aromatic nitrogens is 2. The first-order chi connectivity index (χ1) is 10.4. The average Bonchev–Trinajstić information content (AvgIpc) is 2.92. The van der Waals surface area contributed by atoms with Crippen LogP contribution in [0.15, 0.2) is 30.5 Å². The Balaban J connectivity index is 2.20. The van der Waals surface area contributed by atoms with Crippen molar-refractivity contribution in [2.45, 2.75) is 33.4 Å². The van der Waals surface area contributed by atoms with Crippen molar-refractivity contribution in [3.63, 3.8) is 0 Å². The zero-order valence-corrected chi connectivity index (χ0v) is 12.7. The van der Waals surface area contributed by atoms with Gasteiger partial charge in [-0.25, -0.2) is 0 Å². The van der Waals surface area contributed by atoms with Gasteiger partial charge in [0.2, 0.25) is 5.69 Å². The van der Waals surface area contributed by atoms with Crippen LogP contribution in [0.5, 0.6) is 0 Å². The molecule has 0 spiro atoms. The number of nitrogens with one attached hydrogen (secondary N) is 1. The first kappa shape index (κ1) is 15.7. The molecule has 1 amide bonds. The highest BCUT2D eigenvalue weighted by Crippen LogP contribution is 2.19. The topological polar surface area (TPSA) is 90.1 Å². The lowest BCUT2D eigenvalue weighted by Gasteiger charge is -2.13. The summed E-state index contributed by atoms with van der Waals surface area (Å²) in [4.78, 5) is 22.7. The van der Waals surface area contributed by atoms with Crippen LogP contribution >= 0.6 is 0 Å². The Morgan fingerprint density at radius 3 is 2.59 bits per heavy atom. The highest BCUT2D eigenvalue weighted by molar-refractivity contribution is 5.96. The number of hydrogen-bond acceptors (Lipinski definition) is 4. The molecule has 7 nitrogen and oxygen atoms in total. The Morgan fingerprint density at radius 1 is 1.41 bits per heavy atom. The maximum absolute atomic E-state index is 12.3. The quantitative estimate of drug-likeness (QED) is 0.679. The van der Waals surface area contributed by atoms with Gasteiger partial charge in [0.25, 0.3) is 5.91 Å². The van der Waals surface area contributed by atoms with Gasteiger partial charge in [0.05, 0.1) is 11.0 Å². The third-order valence-electron chi connectivity index (χ3n) is 3.40. The molecule has 1 aromatic carbocycles. The molecule has 116 valence electrons. The minimum atomic E-state index is -0.593. The van der Waals surface area contributed by atoms with E-state index in [-0.39, 0.29) is 17.4 Å². The Bertz CT molecular complexity index is 691. The molecule has 0 aliphatic carbocycles. The Morgan fingerprint density at radius 2 is 2.05 bits per heavy atom. The molecule has 7 heteroatoms. The van der Waals surface area contributed by atoms with Crippen LogP contribution in [0, 0.1) is 17.0 Å². The maximum Gasteiger partial charge on any atom is 0.320 e. The van der Waals surface area contributed by atoms with E-state index in [4.69, 9.17) is 0 Å². The number of aryl methyl sites for hydroxylation is 2. The third kappa shape index (κ3) is 3.30. The van der Waals surface area contributed by atoms with E-state index in [1.54, 1.807) is 6.92 Å². The lowest BCUT2D eigenvalue weighted by molar-refractivity contribution is -0.385. The van der Waals surface area contributed by atoms with Gasteiger partial charge in [-0.1, -0.05) is 29.8 Å². The SMILES string of the molecule is CCn1cc([N+](=O)[O-])c(C(=O)NC(C)c2ccc(C)cc2)n1. The van der Waals surface area contributed by atoms with Crippen LogP contribution in [0.1, 0.15) is 41.5 Å². The number of rotatable bonds is 5. The number of nitro groups is 1. The predicted octanol–water partition coefficient (Wildman–Crippen LogP) is 2.61. The summed E-state index contributed by atoms with van der Waals surface area (Å²) in [6, 6.07) is 7.47. The number of hydrogen-bond donors (Lipinski definition) is 1. The molecule has 0 bridgehead atoms. The largest absolute Gasteiger partial charge is 0.344 e. The lowest BCUT2D eigenvalue weighted by Crippen LogP contribution is -2.27. The van der Waals surface area contributed by atoms with Crippen molar-refractivity contribution in [1.82, 2.24) is 15.1 Å². The van der Waals surface area contributed by atoms with Gasteiger partial charge in [-0.05, 0) is 26.3 Å². The fourth-order valence-corrected chi connectivity index (χ4v) is 2.07.